The zero-order chi connectivity index (χ0) is 14.3. The third-order valence-electron chi connectivity index (χ3n) is 3.59. The summed E-state index contributed by atoms with van der Waals surface area (Å²) in [5.41, 5.74) is 7.73. The van der Waals surface area contributed by atoms with Crippen LogP contribution in [0.3, 0.4) is 0 Å². The van der Waals surface area contributed by atoms with Crippen molar-refractivity contribution in [2.24, 2.45) is 5.73 Å². The van der Waals surface area contributed by atoms with Gasteiger partial charge in [-0.1, -0.05) is 32.8 Å². The van der Waals surface area contributed by atoms with Crippen molar-refractivity contribution in [1.29, 1.82) is 0 Å². The average molecular weight is 266 g/mol. The van der Waals surface area contributed by atoms with Crippen molar-refractivity contribution < 1.29 is 4.39 Å². The minimum Gasteiger partial charge on any atom is -0.374 e. The van der Waals surface area contributed by atoms with Crippen molar-refractivity contribution in [2.75, 3.05) is 18.5 Å². The highest BCUT2D eigenvalue weighted by Gasteiger charge is 2.14. The van der Waals surface area contributed by atoms with Gasteiger partial charge in [0, 0.05) is 30.9 Å². The topological polar surface area (TPSA) is 29.3 Å². The SMILES string of the molecule is CCCCCN(C)c1cccc(F)c1CC(N)CC. The summed E-state index contributed by atoms with van der Waals surface area (Å²) in [7, 11) is 2.03. The van der Waals surface area contributed by atoms with Crippen LogP contribution >= 0.6 is 0 Å². The monoisotopic (exact) mass is 266 g/mol. The lowest BCUT2D eigenvalue weighted by Crippen LogP contribution is -2.25. The summed E-state index contributed by atoms with van der Waals surface area (Å²) in [5.74, 6) is -0.135. The molecule has 3 heteroatoms. The second kappa shape index (κ2) is 8.16. The van der Waals surface area contributed by atoms with Crippen LogP contribution in [0.1, 0.15) is 45.1 Å². The van der Waals surface area contributed by atoms with Crippen molar-refractivity contribution in [2.45, 2.75) is 52.0 Å². The number of halogens is 1. The number of nitrogens with two attached hydrogens (primary N) is 1. The van der Waals surface area contributed by atoms with Gasteiger partial charge in [0.25, 0.3) is 0 Å². The van der Waals surface area contributed by atoms with E-state index in [-0.39, 0.29) is 11.9 Å². The van der Waals surface area contributed by atoms with E-state index in [1.807, 2.05) is 20.0 Å². The van der Waals surface area contributed by atoms with Crippen molar-refractivity contribution in [3.8, 4) is 0 Å². The van der Waals surface area contributed by atoms with Gasteiger partial charge in [0.15, 0.2) is 0 Å². The van der Waals surface area contributed by atoms with E-state index in [1.165, 1.54) is 18.9 Å². The smallest absolute Gasteiger partial charge is 0.128 e. The summed E-state index contributed by atoms with van der Waals surface area (Å²) in [6.45, 7) is 5.19. The predicted octanol–water partition coefficient (Wildman–Crippen LogP) is 3.73. The summed E-state index contributed by atoms with van der Waals surface area (Å²) in [6.07, 6.45) is 5.03. The molecule has 19 heavy (non-hydrogen) atoms. The van der Waals surface area contributed by atoms with Crippen LogP contribution in [0.15, 0.2) is 18.2 Å². The van der Waals surface area contributed by atoms with Gasteiger partial charge in [0.2, 0.25) is 0 Å². The molecule has 0 fully saturated rings. The van der Waals surface area contributed by atoms with E-state index in [2.05, 4.69) is 11.8 Å². The first-order valence-electron chi connectivity index (χ1n) is 7.34. The Kier molecular flexibility index (Phi) is 6.85. The van der Waals surface area contributed by atoms with E-state index < -0.39 is 0 Å². The van der Waals surface area contributed by atoms with Crippen molar-refractivity contribution >= 4 is 5.69 Å². The highest BCUT2D eigenvalue weighted by Crippen LogP contribution is 2.24. The van der Waals surface area contributed by atoms with Crippen molar-refractivity contribution in [1.82, 2.24) is 0 Å². The fraction of sp³-hybridized carbons (Fsp3) is 0.625. The Balaban J connectivity index is 2.83. The Hall–Kier alpha value is -1.09. The zero-order valence-corrected chi connectivity index (χ0v) is 12.5. The van der Waals surface area contributed by atoms with Gasteiger partial charge in [0.1, 0.15) is 5.82 Å². The average Bonchev–Trinajstić information content (AvgIpc) is 2.41. The molecule has 0 heterocycles. The van der Waals surface area contributed by atoms with Gasteiger partial charge >= 0.3 is 0 Å². The number of hydrogen-bond acceptors (Lipinski definition) is 2. The van der Waals surface area contributed by atoms with E-state index in [0.29, 0.717) is 6.42 Å². The molecule has 1 aromatic rings. The van der Waals surface area contributed by atoms with Crippen LogP contribution in [0.25, 0.3) is 0 Å². The van der Waals surface area contributed by atoms with Crippen LogP contribution in [0.4, 0.5) is 10.1 Å². The number of nitrogens with zero attached hydrogens (tertiary/aromatic N) is 1. The molecule has 2 N–H and O–H groups in total. The molecular formula is C16H27FN2. The van der Waals surface area contributed by atoms with Crippen LogP contribution < -0.4 is 10.6 Å². The number of unbranched alkanes of at least 4 members (excludes halogenated alkanes) is 2. The van der Waals surface area contributed by atoms with E-state index in [1.54, 1.807) is 6.07 Å². The summed E-state index contributed by atoms with van der Waals surface area (Å²) in [4.78, 5) is 2.15. The fourth-order valence-corrected chi connectivity index (χ4v) is 2.23. The predicted molar refractivity (Wildman–Crippen MR) is 81.2 cm³/mol. The molecule has 108 valence electrons. The Morgan fingerprint density at radius 3 is 2.63 bits per heavy atom. The van der Waals surface area contributed by atoms with Crippen LogP contribution in [-0.2, 0) is 6.42 Å². The minimum atomic E-state index is -0.135. The molecule has 0 spiro atoms. The maximum atomic E-state index is 14.0. The van der Waals surface area contributed by atoms with Gasteiger partial charge in [-0.05, 0) is 31.4 Å². The van der Waals surface area contributed by atoms with E-state index in [4.69, 9.17) is 5.73 Å². The highest BCUT2D eigenvalue weighted by atomic mass is 19.1. The molecule has 0 aliphatic heterocycles. The normalized spacial score (nSPS) is 12.5. The molecule has 0 saturated heterocycles. The molecule has 0 aromatic heterocycles. The molecular weight excluding hydrogens is 239 g/mol. The van der Waals surface area contributed by atoms with Crippen LogP contribution in [-0.4, -0.2) is 19.6 Å². The van der Waals surface area contributed by atoms with E-state index in [9.17, 15) is 4.39 Å². The molecule has 0 aliphatic carbocycles. The summed E-state index contributed by atoms with van der Waals surface area (Å²) in [6, 6.07) is 5.33. The van der Waals surface area contributed by atoms with Gasteiger partial charge in [-0.2, -0.15) is 0 Å². The van der Waals surface area contributed by atoms with Gasteiger partial charge in [-0.15, -0.1) is 0 Å². The third-order valence-corrected chi connectivity index (χ3v) is 3.59. The standard InChI is InChI=1S/C16H27FN2/c1-4-6-7-11-19(3)16-10-8-9-15(17)14(16)12-13(18)5-2/h8-10,13H,4-7,11-12,18H2,1-3H3. The summed E-state index contributed by atoms with van der Waals surface area (Å²) >= 11 is 0. The number of anilines is 1. The van der Waals surface area contributed by atoms with Crippen LogP contribution in [0.5, 0.6) is 0 Å². The first kappa shape index (κ1) is 16.0. The second-order valence-corrected chi connectivity index (χ2v) is 5.24. The fourth-order valence-electron chi connectivity index (χ4n) is 2.23. The number of rotatable bonds is 8. The molecule has 2 nitrogen and oxygen atoms in total. The highest BCUT2D eigenvalue weighted by molar-refractivity contribution is 5.54. The molecule has 0 radical (unpaired) electrons. The van der Waals surface area contributed by atoms with Gasteiger partial charge in [-0.3, -0.25) is 0 Å². The Bertz CT molecular complexity index is 379. The first-order valence-corrected chi connectivity index (χ1v) is 7.34. The molecule has 0 amide bonds. The van der Waals surface area contributed by atoms with Crippen LogP contribution in [0.2, 0.25) is 0 Å². The molecule has 0 saturated carbocycles. The first-order chi connectivity index (χ1) is 9.10. The van der Waals surface area contributed by atoms with Gasteiger partial charge < -0.3 is 10.6 Å². The third kappa shape index (κ3) is 4.83. The quantitative estimate of drug-likeness (QED) is 0.726. The lowest BCUT2D eigenvalue weighted by atomic mass is 10.0. The maximum absolute atomic E-state index is 14.0. The van der Waals surface area contributed by atoms with Crippen molar-refractivity contribution in [3.05, 3.63) is 29.6 Å². The van der Waals surface area contributed by atoms with Gasteiger partial charge in [-0.25, -0.2) is 4.39 Å². The molecule has 1 unspecified atom stereocenters. The second-order valence-electron chi connectivity index (χ2n) is 5.24. The molecule has 1 aromatic carbocycles. The molecule has 0 bridgehead atoms. The van der Waals surface area contributed by atoms with Gasteiger partial charge in [0.05, 0.1) is 0 Å². The lowest BCUT2D eigenvalue weighted by Gasteiger charge is -2.24. The summed E-state index contributed by atoms with van der Waals surface area (Å²) < 4.78 is 14.0. The molecule has 1 atom stereocenters. The number of benzene rings is 1. The molecule has 1 rings (SSSR count). The zero-order valence-electron chi connectivity index (χ0n) is 12.5. The largest absolute Gasteiger partial charge is 0.374 e. The maximum Gasteiger partial charge on any atom is 0.128 e. The number of hydrogen-bond donors (Lipinski definition) is 1. The van der Waals surface area contributed by atoms with E-state index >= 15 is 0 Å². The molecule has 0 aliphatic rings. The van der Waals surface area contributed by atoms with E-state index in [0.717, 1.165) is 30.6 Å². The Morgan fingerprint density at radius 2 is 2.00 bits per heavy atom. The van der Waals surface area contributed by atoms with Crippen molar-refractivity contribution in [3.63, 3.8) is 0 Å². The van der Waals surface area contributed by atoms with Crippen LogP contribution in [0, 0.1) is 5.82 Å². The Labute approximate surface area is 116 Å². The lowest BCUT2D eigenvalue weighted by molar-refractivity contribution is 0.577. The summed E-state index contributed by atoms with van der Waals surface area (Å²) in [5, 5.41) is 0. The minimum absolute atomic E-state index is 0.0275. The Morgan fingerprint density at radius 1 is 1.26 bits per heavy atom.